The number of para-hydroxylation sites is 2. The second-order valence-corrected chi connectivity index (χ2v) is 6.80. The third kappa shape index (κ3) is 7.56. The molecule has 1 unspecified atom stereocenters. The highest BCUT2D eigenvalue weighted by molar-refractivity contribution is 14.0. The molecule has 8 heteroatoms. The summed E-state index contributed by atoms with van der Waals surface area (Å²) in [6, 6.07) is 8.10. The van der Waals surface area contributed by atoms with Crippen molar-refractivity contribution in [2.75, 3.05) is 46.1 Å². The third-order valence-electron chi connectivity index (χ3n) is 4.53. The van der Waals surface area contributed by atoms with E-state index in [1.807, 2.05) is 24.3 Å². The molecule has 156 valence electrons. The lowest BCUT2D eigenvalue weighted by Gasteiger charge is -2.11. The highest BCUT2D eigenvalue weighted by atomic mass is 127. The first-order valence-corrected chi connectivity index (χ1v) is 9.96. The van der Waals surface area contributed by atoms with Gasteiger partial charge in [0.05, 0.1) is 24.2 Å². The largest absolute Gasteiger partial charge is 0.381 e. The van der Waals surface area contributed by atoms with Gasteiger partial charge < -0.3 is 25.1 Å². The summed E-state index contributed by atoms with van der Waals surface area (Å²) in [7, 11) is 0. The molecule has 0 spiro atoms. The summed E-state index contributed by atoms with van der Waals surface area (Å²) in [5.74, 6) is 2.41. The molecule has 1 atom stereocenters. The lowest BCUT2D eigenvalue weighted by atomic mass is 10.1. The normalized spacial score (nSPS) is 16.9. The number of imidazole rings is 1. The Morgan fingerprint density at radius 1 is 1.36 bits per heavy atom. The Labute approximate surface area is 184 Å². The van der Waals surface area contributed by atoms with E-state index in [1.54, 1.807) is 0 Å². The number of aromatic nitrogens is 2. The monoisotopic (exact) mass is 501 g/mol. The zero-order valence-electron chi connectivity index (χ0n) is 16.6. The Kier molecular flexibility index (Phi) is 10.6. The number of nitrogens with zero attached hydrogens (tertiary/aromatic N) is 2. The molecule has 7 nitrogen and oxygen atoms in total. The minimum absolute atomic E-state index is 0. The van der Waals surface area contributed by atoms with Crippen LogP contribution >= 0.6 is 24.0 Å². The second kappa shape index (κ2) is 12.9. The molecule has 3 N–H and O–H groups in total. The maximum atomic E-state index is 5.72. The van der Waals surface area contributed by atoms with Crippen LogP contribution in [0.1, 0.15) is 25.6 Å². The van der Waals surface area contributed by atoms with Crippen LogP contribution in [-0.2, 0) is 15.9 Å². The number of aromatic amines is 1. The Morgan fingerprint density at radius 3 is 3.04 bits per heavy atom. The second-order valence-electron chi connectivity index (χ2n) is 6.80. The van der Waals surface area contributed by atoms with Crippen LogP contribution in [0, 0.1) is 5.92 Å². The molecule has 0 aliphatic carbocycles. The first-order valence-electron chi connectivity index (χ1n) is 9.96. The fraction of sp³-hybridized carbons (Fsp3) is 0.600. The number of rotatable bonds is 10. The average molecular weight is 501 g/mol. The van der Waals surface area contributed by atoms with Crippen molar-refractivity contribution in [3.05, 3.63) is 30.1 Å². The molecule has 2 aromatic rings. The van der Waals surface area contributed by atoms with E-state index >= 15 is 0 Å². The van der Waals surface area contributed by atoms with Gasteiger partial charge >= 0.3 is 0 Å². The van der Waals surface area contributed by atoms with Crippen molar-refractivity contribution >= 4 is 41.0 Å². The summed E-state index contributed by atoms with van der Waals surface area (Å²) in [5, 5.41) is 6.65. The van der Waals surface area contributed by atoms with E-state index in [4.69, 9.17) is 9.47 Å². The Hall–Kier alpha value is -1.39. The van der Waals surface area contributed by atoms with E-state index in [0.29, 0.717) is 5.92 Å². The zero-order chi connectivity index (χ0) is 18.7. The number of nitrogens with one attached hydrogen (secondary N) is 3. The number of aliphatic imine (C=N–C) groups is 1. The predicted octanol–water partition coefficient (Wildman–Crippen LogP) is 2.72. The maximum Gasteiger partial charge on any atom is 0.191 e. The molecule has 1 fully saturated rings. The molecular formula is C20H32IN5O2. The van der Waals surface area contributed by atoms with Gasteiger partial charge in [-0.05, 0) is 31.9 Å². The van der Waals surface area contributed by atoms with Gasteiger partial charge in [0.2, 0.25) is 0 Å². The smallest absolute Gasteiger partial charge is 0.191 e. The molecule has 1 saturated heterocycles. The molecule has 1 aliphatic rings. The molecule has 1 aromatic heterocycles. The van der Waals surface area contributed by atoms with Crippen molar-refractivity contribution in [3.8, 4) is 0 Å². The minimum atomic E-state index is 0. The number of hydrogen-bond acceptors (Lipinski definition) is 4. The highest BCUT2D eigenvalue weighted by Gasteiger charge is 2.15. The van der Waals surface area contributed by atoms with Gasteiger partial charge in [0, 0.05) is 45.2 Å². The van der Waals surface area contributed by atoms with Gasteiger partial charge in [-0.15, -0.1) is 24.0 Å². The van der Waals surface area contributed by atoms with E-state index < -0.39 is 0 Å². The van der Waals surface area contributed by atoms with E-state index in [-0.39, 0.29) is 24.0 Å². The molecule has 0 amide bonds. The highest BCUT2D eigenvalue weighted by Crippen LogP contribution is 2.12. The average Bonchev–Trinajstić information content (AvgIpc) is 3.33. The van der Waals surface area contributed by atoms with Gasteiger partial charge in [-0.1, -0.05) is 12.1 Å². The topological polar surface area (TPSA) is 83.6 Å². The fourth-order valence-electron chi connectivity index (χ4n) is 3.09. The summed E-state index contributed by atoms with van der Waals surface area (Å²) < 4.78 is 11.1. The lowest BCUT2D eigenvalue weighted by Crippen LogP contribution is -2.38. The molecule has 1 aliphatic heterocycles. The third-order valence-corrected chi connectivity index (χ3v) is 4.53. The van der Waals surface area contributed by atoms with Gasteiger partial charge in [0.25, 0.3) is 0 Å². The van der Waals surface area contributed by atoms with Crippen molar-refractivity contribution in [1.29, 1.82) is 0 Å². The molecule has 0 bridgehead atoms. The fourth-order valence-corrected chi connectivity index (χ4v) is 3.09. The number of H-pyrrole nitrogens is 1. The molecule has 2 heterocycles. The number of benzene rings is 1. The van der Waals surface area contributed by atoms with Crippen molar-refractivity contribution in [2.45, 2.75) is 26.2 Å². The van der Waals surface area contributed by atoms with Crippen molar-refractivity contribution in [2.24, 2.45) is 10.9 Å². The van der Waals surface area contributed by atoms with Crippen LogP contribution in [0.3, 0.4) is 0 Å². The molecule has 0 saturated carbocycles. The van der Waals surface area contributed by atoms with Crippen molar-refractivity contribution in [1.82, 2.24) is 20.6 Å². The van der Waals surface area contributed by atoms with Gasteiger partial charge in [-0.25, -0.2) is 4.98 Å². The molecule has 0 radical (unpaired) electrons. The van der Waals surface area contributed by atoms with Crippen LogP contribution in [0.25, 0.3) is 11.0 Å². The van der Waals surface area contributed by atoms with Gasteiger partial charge in [-0.3, -0.25) is 4.99 Å². The number of guanidine groups is 1. The summed E-state index contributed by atoms with van der Waals surface area (Å²) in [5.41, 5.74) is 2.09. The lowest BCUT2D eigenvalue weighted by molar-refractivity contribution is 0.0893. The number of halogens is 1. The van der Waals surface area contributed by atoms with Crippen LogP contribution in [0.15, 0.2) is 29.3 Å². The van der Waals surface area contributed by atoms with E-state index in [0.717, 1.165) is 88.1 Å². The molecular weight excluding hydrogens is 469 g/mol. The molecule has 3 rings (SSSR count). The first-order chi connectivity index (χ1) is 13.3. The van der Waals surface area contributed by atoms with Crippen LogP contribution in [0.5, 0.6) is 0 Å². The van der Waals surface area contributed by atoms with Crippen LogP contribution in [0.2, 0.25) is 0 Å². The van der Waals surface area contributed by atoms with Crippen LogP contribution in [-0.4, -0.2) is 62.0 Å². The quantitative estimate of drug-likeness (QED) is 0.202. The Morgan fingerprint density at radius 2 is 2.25 bits per heavy atom. The van der Waals surface area contributed by atoms with Gasteiger partial charge in [-0.2, -0.15) is 0 Å². The zero-order valence-corrected chi connectivity index (χ0v) is 18.9. The van der Waals surface area contributed by atoms with Gasteiger partial charge in [0.15, 0.2) is 5.96 Å². The molecule has 28 heavy (non-hydrogen) atoms. The van der Waals surface area contributed by atoms with E-state index in [1.165, 1.54) is 0 Å². The van der Waals surface area contributed by atoms with Gasteiger partial charge in [0.1, 0.15) is 5.82 Å². The minimum Gasteiger partial charge on any atom is -0.381 e. The summed E-state index contributed by atoms with van der Waals surface area (Å²) >= 11 is 0. The standard InChI is InChI=1S/C20H31N5O2.HI/c1-2-21-20(22-10-5-12-26-14-16-9-13-27-15-16)23-11-8-19-24-17-6-3-4-7-18(17)25-19;/h3-4,6-7,16H,2,5,8-15H2,1H3,(H,24,25)(H2,21,22,23);1H. The van der Waals surface area contributed by atoms with E-state index in [9.17, 15) is 0 Å². The first kappa shape index (κ1) is 22.9. The number of ether oxygens (including phenoxy) is 2. The molecule has 1 aromatic carbocycles. The Bertz CT molecular complexity index is 682. The SMILES string of the molecule is CCNC(=NCCCOCC1CCOC1)NCCc1nc2ccccc2[nH]1.I. The Balaban J connectivity index is 0.00000280. The van der Waals surface area contributed by atoms with Crippen molar-refractivity contribution in [3.63, 3.8) is 0 Å². The number of fused-ring (bicyclic) bond motifs is 1. The summed E-state index contributed by atoms with van der Waals surface area (Å²) in [6.45, 7) is 7.72. The summed E-state index contributed by atoms with van der Waals surface area (Å²) in [4.78, 5) is 12.6. The van der Waals surface area contributed by atoms with Crippen LogP contribution in [0.4, 0.5) is 0 Å². The van der Waals surface area contributed by atoms with Crippen LogP contribution < -0.4 is 10.6 Å². The van der Waals surface area contributed by atoms with Crippen molar-refractivity contribution < 1.29 is 9.47 Å². The maximum absolute atomic E-state index is 5.72. The summed E-state index contributed by atoms with van der Waals surface area (Å²) in [6.07, 6.45) is 2.87. The van der Waals surface area contributed by atoms with E-state index in [2.05, 4.69) is 32.5 Å². The number of hydrogen-bond donors (Lipinski definition) is 3. The predicted molar refractivity (Wildman–Crippen MR) is 124 cm³/mol.